The van der Waals surface area contributed by atoms with Crippen molar-refractivity contribution in [3.8, 4) is 17.3 Å². The van der Waals surface area contributed by atoms with E-state index in [-0.39, 0.29) is 22.7 Å². The molecule has 0 aliphatic rings. The summed E-state index contributed by atoms with van der Waals surface area (Å²) in [5.74, 6) is 0.480. The molecule has 3 heterocycles. The van der Waals surface area contributed by atoms with Gasteiger partial charge < -0.3 is 15.1 Å². The van der Waals surface area contributed by atoms with Crippen LogP contribution in [0.5, 0.6) is 0 Å². The quantitative estimate of drug-likeness (QED) is 0.579. The van der Waals surface area contributed by atoms with Gasteiger partial charge in [-0.25, -0.2) is 19.3 Å². The number of amides is 1. The first-order valence-electron chi connectivity index (χ1n) is 8.32. The highest BCUT2D eigenvalue weighted by Crippen LogP contribution is 2.24. The first-order valence-corrected chi connectivity index (χ1v) is 8.32. The summed E-state index contributed by atoms with van der Waals surface area (Å²) in [5.41, 5.74) is 8.20. The zero-order valence-electron chi connectivity index (χ0n) is 15.0. The molecular formula is C19H17N5O3. The van der Waals surface area contributed by atoms with Gasteiger partial charge in [-0.1, -0.05) is 6.07 Å². The summed E-state index contributed by atoms with van der Waals surface area (Å²) < 4.78 is 6.96. The van der Waals surface area contributed by atoms with E-state index in [0.717, 1.165) is 11.1 Å². The Morgan fingerprint density at radius 3 is 2.52 bits per heavy atom. The number of nitrogens with one attached hydrogen (secondary N) is 1. The Morgan fingerprint density at radius 2 is 1.89 bits per heavy atom. The molecule has 0 saturated carbocycles. The standard InChI is InChI=1S/C19H17N5O3/c1-9-4-6-12(8-10(9)2)24-18-15(22-19(24)26)14(16(20)25)21-17(23-18)13-7-5-11(3)27-13/h4-8H,1-3H3,(H2,20,25)(H,22,26). The highest BCUT2D eigenvalue weighted by Gasteiger charge is 2.21. The minimum Gasteiger partial charge on any atom is -0.458 e. The molecule has 3 N–H and O–H groups in total. The predicted molar refractivity (Wildman–Crippen MR) is 99.9 cm³/mol. The number of imidazole rings is 1. The molecule has 0 fully saturated rings. The third-order valence-electron chi connectivity index (χ3n) is 4.48. The van der Waals surface area contributed by atoms with Crippen LogP contribution in [0.4, 0.5) is 0 Å². The third kappa shape index (κ3) is 2.71. The average Bonchev–Trinajstić information content (AvgIpc) is 3.19. The second-order valence-corrected chi connectivity index (χ2v) is 6.40. The lowest BCUT2D eigenvalue weighted by Crippen LogP contribution is -2.15. The summed E-state index contributed by atoms with van der Waals surface area (Å²) in [4.78, 5) is 35.9. The monoisotopic (exact) mass is 363 g/mol. The largest absolute Gasteiger partial charge is 0.458 e. The Balaban J connectivity index is 2.06. The van der Waals surface area contributed by atoms with Crippen molar-refractivity contribution in [3.05, 3.63) is 63.4 Å². The van der Waals surface area contributed by atoms with E-state index in [2.05, 4.69) is 15.0 Å². The summed E-state index contributed by atoms with van der Waals surface area (Å²) in [5, 5.41) is 0. The molecule has 0 spiro atoms. The molecule has 136 valence electrons. The van der Waals surface area contributed by atoms with Crippen LogP contribution in [0.3, 0.4) is 0 Å². The van der Waals surface area contributed by atoms with Crippen LogP contribution in [0, 0.1) is 20.8 Å². The van der Waals surface area contributed by atoms with Crippen LogP contribution in [0.15, 0.2) is 39.5 Å². The number of nitrogens with two attached hydrogens (primary N) is 1. The first-order chi connectivity index (χ1) is 12.8. The van der Waals surface area contributed by atoms with E-state index in [0.29, 0.717) is 17.2 Å². The average molecular weight is 363 g/mol. The van der Waals surface area contributed by atoms with E-state index in [1.54, 1.807) is 19.1 Å². The van der Waals surface area contributed by atoms with Gasteiger partial charge in [0.05, 0.1) is 5.69 Å². The summed E-state index contributed by atoms with van der Waals surface area (Å²) >= 11 is 0. The summed E-state index contributed by atoms with van der Waals surface area (Å²) in [6.07, 6.45) is 0. The predicted octanol–water partition coefficient (Wildman–Crippen LogP) is 2.39. The van der Waals surface area contributed by atoms with Gasteiger partial charge in [0, 0.05) is 0 Å². The van der Waals surface area contributed by atoms with E-state index in [9.17, 15) is 9.59 Å². The minimum absolute atomic E-state index is 0.0660. The number of carbonyl (C=O) groups is 1. The van der Waals surface area contributed by atoms with Crippen LogP contribution in [0.1, 0.15) is 27.4 Å². The molecule has 0 atom stereocenters. The molecule has 8 heteroatoms. The van der Waals surface area contributed by atoms with Gasteiger partial charge >= 0.3 is 5.69 Å². The number of aromatic amines is 1. The van der Waals surface area contributed by atoms with Crippen molar-refractivity contribution in [2.24, 2.45) is 5.73 Å². The second-order valence-electron chi connectivity index (χ2n) is 6.40. The van der Waals surface area contributed by atoms with Gasteiger partial charge in [-0.15, -0.1) is 0 Å². The van der Waals surface area contributed by atoms with E-state index in [1.165, 1.54) is 4.57 Å². The van der Waals surface area contributed by atoms with Crippen molar-refractivity contribution in [3.63, 3.8) is 0 Å². The molecule has 0 aliphatic heterocycles. The number of carbonyl (C=O) groups excluding carboxylic acids is 1. The Bertz CT molecular complexity index is 1260. The number of rotatable bonds is 3. The molecule has 0 aliphatic carbocycles. The molecule has 4 aromatic rings. The van der Waals surface area contributed by atoms with Gasteiger partial charge in [0.1, 0.15) is 11.3 Å². The third-order valence-corrected chi connectivity index (χ3v) is 4.48. The van der Waals surface area contributed by atoms with Crippen LogP contribution in [-0.4, -0.2) is 25.4 Å². The fourth-order valence-electron chi connectivity index (χ4n) is 2.93. The fourth-order valence-corrected chi connectivity index (χ4v) is 2.93. The molecule has 0 saturated heterocycles. The number of H-pyrrole nitrogens is 1. The van der Waals surface area contributed by atoms with Crippen LogP contribution in [-0.2, 0) is 0 Å². The van der Waals surface area contributed by atoms with Gasteiger partial charge in [0.15, 0.2) is 22.9 Å². The number of primary amides is 1. The van der Waals surface area contributed by atoms with Crippen molar-refractivity contribution in [1.82, 2.24) is 19.5 Å². The van der Waals surface area contributed by atoms with Gasteiger partial charge in [-0.3, -0.25) is 4.79 Å². The van der Waals surface area contributed by atoms with Crippen LogP contribution >= 0.6 is 0 Å². The SMILES string of the molecule is Cc1ccc(-c2nc(C(N)=O)c3[nH]c(=O)n(-c4ccc(C)c(C)c4)c3n2)o1. The zero-order chi connectivity index (χ0) is 19.3. The Morgan fingerprint density at radius 1 is 1.11 bits per heavy atom. The molecule has 8 nitrogen and oxygen atoms in total. The zero-order valence-corrected chi connectivity index (χ0v) is 15.0. The number of fused-ring (bicyclic) bond motifs is 1. The van der Waals surface area contributed by atoms with Gasteiger partial charge in [0.25, 0.3) is 5.91 Å². The topological polar surface area (TPSA) is 120 Å². The molecule has 0 bridgehead atoms. The van der Waals surface area contributed by atoms with Crippen molar-refractivity contribution >= 4 is 17.1 Å². The lowest BCUT2D eigenvalue weighted by Gasteiger charge is -2.07. The smallest absolute Gasteiger partial charge is 0.332 e. The number of hydrogen-bond donors (Lipinski definition) is 2. The summed E-state index contributed by atoms with van der Waals surface area (Å²) in [6.45, 7) is 5.74. The maximum Gasteiger partial charge on any atom is 0.332 e. The Hall–Kier alpha value is -3.68. The molecule has 27 heavy (non-hydrogen) atoms. The molecular weight excluding hydrogens is 346 g/mol. The van der Waals surface area contributed by atoms with E-state index >= 15 is 0 Å². The molecule has 4 rings (SSSR count). The highest BCUT2D eigenvalue weighted by atomic mass is 16.3. The van der Waals surface area contributed by atoms with Gasteiger partial charge in [0.2, 0.25) is 0 Å². The maximum atomic E-state index is 12.6. The Labute approximate surface area is 153 Å². The first kappa shape index (κ1) is 16.8. The molecule has 1 aromatic carbocycles. The minimum atomic E-state index is -0.764. The number of hydrogen-bond acceptors (Lipinski definition) is 5. The Kier molecular flexibility index (Phi) is 3.69. The normalized spacial score (nSPS) is 11.2. The highest BCUT2D eigenvalue weighted by molar-refractivity contribution is 6.02. The van der Waals surface area contributed by atoms with Crippen LogP contribution in [0.2, 0.25) is 0 Å². The van der Waals surface area contributed by atoms with Crippen molar-refractivity contribution < 1.29 is 9.21 Å². The van der Waals surface area contributed by atoms with Crippen molar-refractivity contribution in [2.45, 2.75) is 20.8 Å². The number of aryl methyl sites for hydroxylation is 3. The molecule has 3 aromatic heterocycles. The number of furan rings is 1. The van der Waals surface area contributed by atoms with E-state index in [4.69, 9.17) is 10.2 Å². The number of aromatic nitrogens is 4. The van der Waals surface area contributed by atoms with E-state index < -0.39 is 11.6 Å². The fraction of sp³-hybridized carbons (Fsp3) is 0.158. The van der Waals surface area contributed by atoms with Crippen LogP contribution < -0.4 is 11.4 Å². The second kappa shape index (κ2) is 5.94. The number of benzene rings is 1. The number of nitrogens with zero attached hydrogens (tertiary/aromatic N) is 3. The molecule has 1 amide bonds. The molecule has 0 radical (unpaired) electrons. The van der Waals surface area contributed by atoms with Crippen molar-refractivity contribution in [1.29, 1.82) is 0 Å². The van der Waals surface area contributed by atoms with Crippen molar-refractivity contribution in [2.75, 3.05) is 0 Å². The van der Waals surface area contributed by atoms with Crippen LogP contribution in [0.25, 0.3) is 28.4 Å². The van der Waals surface area contributed by atoms with Gasteiger partial charge in [-0.2, -0.15) is 0 Å². The summed E-state index contributed by atoms with van der Waals surface area (Å²) in [7, 11) is 0. The van der Waals surface area contributed by atoms with Gasteiger partial charge in [-0.05, 0) is 56.2 Å². The maximum absolute atomic E-state index is 12.6. The molecule has 0 unspecified atom stereocenters. The summed E-state index contributed by atoms with van der Waals surface area (Å²) in [6, 6.07) is 9.09. The lowest BCUT2D eigenvalue weighted by molar-refractivity contribution is 0.0997. The lowest BCUT2D eigenvalue weighted by atomic mass is 10.1. The van der Waals surface area contributed by atoms with E-state index in [1.807, 2.05) is 32.0 Å².